The predicted octanol–water partition coefficient (Wildman–Crippen LogP) is 4.05. The summed E-state index contributed by atoms with van der Waals surface area (Å²) in [7, 11) is 1.93. The molecule has 1 fully saturated rings. The molecule has 3 amide bonds. The number of aliphatic carboxylic acids is 1. The molecule has 0 radical (unpaired) electrons. The van der Waals surface area contributed by atoms with Crippen LogP contribution in [0.5, 0.6) is 5.75 Å². The molecular formula is C36H55N5O7S. The van der Waals surface area contributed by atoms with E-state index >= 15 is 0 Å². The SMILES string of the molecule is CC[C@H](C)[C@H](NC(=O)[C@H]1CCCCN1C)C(=O)N(CO)[C@H](CCc1nc(C(=O)N[C@@H](Cc2ccc(O)cc2)C[C@H](C)C(=O)O)cs1)C(C)C. The average molecular weight is 702 g/mol. The molecule has 2 aromatic rings. The van der Waals surface area contributed by atoms with Crippen LogP contribution in [-0.4, -0.2) is 98.3 Å². The summed E-state index contributed by atoms with van der Waals surface area (Å²) in [5.41, 5.74) is 1.07. The number of aliphatic hydroxyl groups excluding tert-OH is 1. The average Bonchev–Trinajstić information content (AvgIpc) is 3.55. The number of hydrogen-bond donors (Lipinski definition) is 5. The number of nitrogens with one attached hydrogen (secondary N) is 2. The number of hydrogen-bond acceptors (Lipinski definition) is 9. The van der Waals surface area contributed by atoms with Crippen molar-refractivity contribution in [2.24, 2.45) is 17.8 Å². The van der Waals surface area contributed by atoms with Crippen molar-refractivity contribution in [3.05, 3.63) is 45.9 Å². The number of rotatable bonds is 18. The van der Waals surface area contributed by atoms with E-state index in [0.717, 1.165) is 31.4 Å². The lowest BCUT2D eigenvalue weighted by Crippen LogP contribution is -2.58. The zero-order valence-corrected chi connectivity index (χ0v) is 30.5. The lowest BCUT2D eigenvalue weighted by atomic mass is 9.93. The minimum absolute atomic E-state index is 0.00604. The quantitative estimate of drug-likeness (QED) is 0.144. The molecule has 49 heavy (non-hydrogen) atoms. The molecule has 2 heterocycles. The smallest absolute Gasteiger partial charge is 0.306 e. The lowest BCUT2D eigenvalue weighted by molar-refractivity contribution is -0.146. The summed E-state index contributed by atoms with van der Waals surface area (Å²) in [6, 6.07) is 4.71. The second-order valence-corrected chi connectivity index (χ2v) is 14.7. The molecule has 272 valence electrons. The number of amides is 3. The van der Waals surface area contributed by atoms with Crippen molar-refractivity contribution in [1.29, 1.82) is 0 Å². The fourth-order valence-corrected chi connectivity index (χ4v) is 7.20. The number of likely N-dealkylation sites (tertiary alicyclic amines) is 1. The van der Waals surface area contributed by atoms with Crippen LogP contribution in [-0.2, 0) is 27.2 Å². The maximum absolute atomic E-state index is 14.0. The van der Waals surface area contributed by atoms with Gasteiger partial charge < -0.3 is 30.9 Å². The van der Waals surface area contributed by atoms with Crippen molar-refractivity contribution in [3.8, 4) is 5.75 Å². The molecule has 1 aliphatic rings. The number of thiazole rings is 1. The van der Waals surface area contributed by atoms with Crippen LogP contribution in [0.25, 0.3) is 0 Å². The van der Waals surface area contributed by atoms with Crippen LogP contribution < -0.4 is 10.6 Å². The Kier molecular flexibility index (Phi) is 15.5. The zero-order chi connectivity index (χ0) is 36.2. The van der Waals surface area contributed by atoms with E-state index in [1.54, 1.807) is 36.6 Å². The Bertz CT molecular complexity index is 1380. The highest BCUT2D eigenvalue weighted by Crippen LogP contribution is 2.24. The monoisotopic (exact) mass is 701 g/mol. The summed E-state index contributed by atoms with van der Waals surface area (Å²) in [5.74, 6) is -2.53. The summed E-state index contributed by atoms with van der Waals surface area (Å²) in [5, 5.41) is 37.9. The Labute approximate surface area is 294 Å². The minimum Gasteiger partial charge on any atom is -0.508 e. The molecular weight excluding hydrogens is 646 g/mol. The second-order valence-electron chi connectivity index (χ2n) is 13.8. The van der Waals surface area contributed by atoms with Gasteiger partial charge in [0.05, 0.1) is 17.0 Å². The topological polar surface area (TPSA) is 172 Å². The molecule has 6 atom stereocenters. The molecule has 1 aliphatic heterocycles. The summed E-state index contributed by atoms with van der Waals surface area (Å²) in [4.78, 5) is 60.2. The van der Waals surface area contributed by atoms with Gasteiger partial charge in [-0.1, -0.05) is 59.6 Å². The van der Waals surface area contributed by atoms with Crippen LogP contribution in [0.2, 0.25) is 0 Å². The second kappa shape index (κ2) is 19.0. The van der Waals surface area contributed by atoms with Crippen LogP contribution in [0.15, 0.2) is 29.6 Å². The van der Waals surface area contributed by atoms with Crippen molar-refractivity contribution >= 4 is 35.0 Å². The number of phenols is 1. The van der Waals surface area contributed by atoms with Gasteiger partial charge in [-0.25, -0.2) is 4.98 Å². The van der Waals surface area contributed by atoms with Gasteiger partial charge in [0.1, 0.15) is 24.2 Å². The number of aryl methyl sites for hydroxylation is 1. The molecule has 1 aromatic carbocycles. The third kappa shape index (κ3) is 11.5. The highest BCUT2D eigenvalue weighted by molar-refractivity contribution is 7.09. The number of benzene rings is 1. The maximum atomic E-state index is 14.0. The lowest BCUT2D eigenvalue weighted by Gasteiger charge is -2.38. The number of piperidine rings is 1. The number of aromatic nitrogens is 1. The Morgan fingerprint density at radius 2 is 1.78 bits per heavy atom. The van der Waals surface area contributed by atoms with E-state index < -0.39 is 36.6 Å². The first-order chi connectivity index (χ1) is 23.2. The van der Waals surface area contributed by atoms with Crippen LogP contribution in [0.3, 0.4) is 0 Å². The number of likely N-dealkylation sites (N-methyl/N-ethyl adjacent to an activating group) is 1. The maximum Gasteiger partial charge on any atom is 0.306 e. The van der Waals surface area contributed by atoms with Crippen molar-refractivity contribution in [1.82, 2.24) is 25.4 Å². The van der Waals surface area contributed by atoms with Gasteiger partial charge >= 0.3 is 5.97 Å². The van der Waals surface area contributed by atoms with Crippen molar-refractivity contribution in [2.75, 3.05) is 20.3 Å². The zero-order valence-electron chi connectivity index (χ0n) is 29.7. The molecule has 0 unspecified atom stereocenters. The summed E-state index contributed by atoms with van der Waals surface area (Å²) >= 11 is 1.33. The van der Waals surface area contributed by atoms with E-state index in [-0.39, 0.29) is 53.6 Å². The Morgan fingerprint density at radius 1 is 1.08 bits per heavy atom. The Morgan fingerprint density at radius 3 is 2.37 bits per heavy atom. The Hall–Kier alpha value is -3.55. The van der Waals surface area contributed by atoms with E-state index in [0.29, 0.717) is 30.7 Å². The predicted molar refractivity (Wildman–Crippen MR) is 189 cm³/mol. The normalized spacial score (nSPS) is 18.2. The molecule has 3 rings (SSSR count). The molecule has 13 heteroatoms. The van der Waals surface area contributed by atoms with Gasteiger partial charge in [-0.15, -0.1) is 11.3 Å². The largest absolute Gasteiger partial charge is 0.508 e. The molecule has 1 saturated heterocycles. The molecule has 0 saturated carbocycles. The minimum atomic E-state index is -0.953. The summed E-state index contributed by atoms with van der Waals surface area (Å²) in [6.45, 7) is 9.83. The molecule has 5 N–H and O–H groups in total. The van der Waals surface area contributed by atoms with E-state index in [1.165, 1.54) is 16.2 Å². The molecule has 0 spiro atoms. The van der Waals surface area contributed by atoms with Gasteiger partial charge in [-0.2, -0.15) is 0 Å². The van der Waals surface area contributed by atoms with Crippen LogP contribution >= 0.6 is 11.3 Å². The number of carboxylic acids is 1. The van der Waals surface area contributed by atoms with Crippen molar-refractivity contribution < 1.29 is 34.5 Å². The standard InChI is InChI=1S/C36H55N5O7S/c1-7-23(4)32(39-34(45)30-10-8-9-17-40(30)6)35(46)41(21-42)29(22(2)3)15-16-31-38-28(20-49-31)33(44)37-26(18-24(5)36(47)48)19-25-11-13-27(43)14-12-25/h11-14,20,22-24,26,29-30,32,42-43H,7-10,15-19,21H2,1-6H3,(H,37,44)(H,39,45)(H,47,48)/t23-,24-,26+,29+,30+,32-/m0/s1. The number of nitrogens with zero attached hydrogens (tertiary/aromatic N) is 3. The number of carbonyl (C=O) groups excluding carboxylic acids is 3. The van der Waals surface area contributed by atoms with Gasteiger partial charge in [0.2, 0.25) is 11.8 Å². The number of carbonyl (C=O) groups is 4. The van der Waals surface area contributed by atoms with E-state index in [4.69, 9.17) is 0 Å². The fourth-order valence-electron chi connectivity index (χ4n) is 6.40. The molecule has 12 nitrogen and oxygen atoms in total. The summed E-state index contributed by atoms with van der Waals surface area (Å²) in [6.07, 6.45) is 4.99. The van der Waals surface area contributed by atoms with E-state index in [9.17, 15) is 34.5 Å². The summed E-state index contributed by atoms with van der Waals surface area (Å²) < 4.78 is 0. The number of aliphatic hydroxyl groups is 1. The van der Waals surface area contributed by atoms with Crippen LogP contribution in [0.4, 0.5) is 0 Å². The Balaban J connectivity index is 1.70. The number of phenolic OH excluding ortho intramolecular Hbond substituents is 1. The highest BCUT2D eigenvalue weighted by Gasteiger charge is 2.36. The van der Waals surface area contributed by atoms with Crippen molar-refractivity contribution in [3.63, 3.8) is 0 Å². The highest BCUT2D eigenvalue weighted by atomic mass is 32.1. The van der Waals surface area contributed by atoms with Crippen molar-refractivity contribution in [2.45, 2.75) is 110 Å². The number of aromatic hydroxyl groups is 1. The van der Waals surface area contributed by atoms with Gasteiger partial charge in [-0.05, 0) is 75.2 Å². The molecule has 1 aromatic heterocycles. The van der Waals surface area contributed by atoms with Gasteiger partial charge in [0.25, 0.3) is 5.91 Å². The third-order valence-electron chi connectivity index (χ3n) is 9.71. The van der Waals surface area contributed by atoms with Crippen LogP contribution in [0, 0.1) is 17.8 Å². The number of carboxylic acid groups (broad SMARTS) is 1. The van der Waals surface area contributed by atoms with Crippen LogP contribution in [0.1, 0.15) is 94.2 Å². The first-order valence-corrected chi connectivity index (χ1v) is 18.3. The molecule has 0 bridgehead atoms. The van der Waals surface area contributed by atoms with Gasteiger partial charge in [-0.3, -0.25) is 24.1 Å². The van der Waals surface area contributed by atoms with Gasteiger partial charge in [0.15, 0.2) is 0 Å². The third-order valence-corrected chi connectivity index (χ3v) is 10.6. The molecule has 0 aliphatic carbocycles. The fraction of sp³-hybridized carbons (Fsp3) is 0.639. The van der Waals surface area contributed by atoms with Gasteiger partial charge in [0, 0.05) is 23.9 Å². The first-order valence-electron chi connectivity index (χ1n) is 17.4. The van der Waals surface area contributed by atoms with E-state index in [1.807, 2.05) is 39.6 Å². The van der Waals surface area contributed by atoms with E-state index in [2.05, 4.69) is 15.6 Å². The first kappa shape index (κ1) is 39.9.